The van der Waals surface area contributed by atoms with Crippen LogP contribution in [0.15, 0.2) is 70.7 Å². The van der Waals surface area contributed by atoms with Crippen molar-refractivity contribution in [2.24, 2.45) is 0 Å². The number of rotatable bonds is 6. The second kappa shape index (κ2) is 10.2. The first-order chi connectivity index (χ1) is 17.2. The van der Waals surface area contributed by atoms with Crippen molar-refractivity contribution in [3.05, 3.63) is 99.0 Å². The van der Waals surface area contributed by atoms with E-state index in [0.717, 1.165) is 45.8 Å². The summed E-state index contributed by atoms with van der Waals surface area (Å²) in [6, 6.07) is 13.9. The molecule has 4 rings (SSSR count). The van der Waals surface area contributed by atoms with E-state index >= 15 is 0 Å². The highest BCUT2D eigenvalue weighted by Crippen LogP contribution is 2.43. The number of aryl methyl sites for hydroxylation is 1. The number of halogens is 3. The Kier molecular flexibility index (Phi) is 7.26. The molecule has 3 aromatic carbocycles. The first-order valence-electron chi connectivity index (χ1n) is 11.5. The summed E-state index contributed by atoms with van der Waals surface area (Å²) in [4.78, 5) is 29.6. The number of aliphatic hydroxyl groups excluding tert-OH is 1. The summed E-state index contributed by atoms with van der Waals surface area (Å²) in [5.74, 6) is -4.12. The second-order valence-electron chi connectivity index (χ2n) is 8.49. The van der Waals surface area contributed by atoms with Gasteiger partial charge in [-0.2, -0.15) is 0 Å². The molecular weight excluding hydrogens is 530 g/mol. The Morgan fingerprint density at radius 2 is 1.67 bits per heavy atom. The molecule has 8 heteroatoms. The van der Waals surface area contributed by atoms with Gasteiger partial charge in [-0.3, -0.25) is 14.5 Å². The maximum absolute atomic E-state index is 14.9. The highest BCUT2D eigenvalue weighted by molar-refractivity contribution is 9.10. The van der Waals surface area contributed by atoms with Crippen LogP contribution in [0.5, 0.6) is 0 Å². The fraction of sp³-hybridized carbons (Fsp3) is 0.214. The topological polar surface area (TPSA) is 60.9 Å². The van der Waals surface area contributed by atoms with Crippen LogP contribution in [-0.2, 0) is 9.59 Å². The van der Waals surface area contributed by atoms with Crippen LogP contribution >= 0.6 is 15.9 Å². The molecule has 5 nitrogen and oxygen atoms in total. The van der Waals surface area contributed by atoms with Crippen LogP contribution in [0.1, 0.15) is 36.6 Å². The van der Waals surface area contributed by atoms with E-state index < -0.39 is 29.4 Å². The summed E-state index contributed by atoms with van der Waals surface area (Å²) in [6.07, 6.45) is 0. The average Bonchev–Trinajstić information content (AvgIpc) is 3.12. The van der Waals surface area contributed by atoms with E-state index in [9.17, 15) is 23.5 Å². The van der Waals surface area contributed by atoms with Crippen molar-refractivity contribution < 1.29 is 23.5 Å². The molecule has 1 amide bonds. The number of ketones is 1. The van der Waals surface area contributed by atoms with Gasteiger partial charge in [0.25, 0.3) is 11.7 Å². The van der Waals surface area contributed by atoms with Gasteiger partial charge in [-0.1, -0.05) is 34.1 Å². The monoisotopic (exact) mass is 554 g/mol. The maximum Gasteiger partial charge on any atom is 0.300 e. The van der Waals surface area contributed by atoms with E-state index in [4.69, 9.17) is 0 Å². The van der Waals surface area contributed by atoms with Gasteiger partial charge in [0.1, 0.15) is 17.4 Å². The van der Waals surface area contributed by atoms with Crippen molar-refractivity contribution in [2.75, 3.05) is 22.9 Å². The summed E-state index contributed by atoms with van der Waals surface area (Å²) < 4.78 is 29.3. The Hall–Kier alpha value is -3.52. The number of carbonyl (C=O) groups excluding carboxylic acids is 2. The van der Waals surface area contributed by atoms with Gasteiger partial charge in [0.2, 0.25) is 0 Å². The lowest BCUT2D eigenvalue weighted by molar-refractivity contribution is -0.132. The molecule has 1 aliphatic heterocycles. The molecule has 36 heavy (non-hydrogen) atoms. The predicted molar refractivity (Wildman–Crippen MR) is 140 cm³/mol. The van der Waals surface area contributed by atoms with E-state index in [-0.39, 0.29) is 17.0 Å². The summed E-state index contributed by atoms with van der Waals surface area (Å²) in [5.41, 5.74) is 2.20. The Morgan fingerprint density at radius 3 is 2.25 bits per heavy atom. The molecule has 186 valence electrons. The van der Waals surface area contributed by atoms with Crippen LogP contribution in [0.2, 0.25) is 0 Å². The lowest BCUT2D eigenvalue weighted by Gasteiger charge is -2.27. The third kappa shape index (κ3) is 4.53. The van der Waals surface area contributed by atoms with Gasteiger partial charge in [0.05, 0.1) is 17.3 Å². The Bertz CT molecular complexity index is 1370. The fourth-order valence-corrected chi connectivity index (χ4v) is 4.72. The number of nitrogens with zero attached hydrogens (tertiary/aromatic N) is 2. The quantitative estimate of drug-likeness (QED) is 0.214. The SMILES string of the molecule is CCN(CC)c1ccc(C2/C(=C(\O)c3ccc(Br)c(C)c3)C(=O)C(=O)N2c2ccc(F)cc2F)cc1. The molecule has 1 heterocycles. The van der Waals surface area contributed by atoms with Crippen LogP contribution in [0.4, 0.5) is 20.2 Å². The van der Waals surface area contributed by atoms with Gasteiger partial charge in [0, 0.05) is 34.9 Å². The number of amides is 1. The summed E-state index contributed by atoms with van der Waals surface area (Å²) in [5, 5.41) is 11.3. The maximum atomic E-state index is 14.9. The number of hydrogen-bond donors (Lipinski definition) is 1. The van der Waals surface area contributed by atoms with Gasteiger partial charge in [-0.05, 0) is 68.3 Å². The zero-order chi connectivity index (χ0) is 26.1. The molecule has 1 fully saturated rings. The lowest BCUT2D eigenvalue weighted by atomic mass is 9.94. The van der Waals surface area contributed by atoms with Crippen molar-refractivity contribution in [3.8, 4) is 0 Å². The minimum atomic E-state index is -1.11. The third-order valence-electron chi connectivity index (χ3n) is 6.38. The third-order valence-corrected chi connectivity index (χ3v) is 7.27. The van der Waals surface area contributed by atoms with Gasteiger partial charge in [0.15, 0.2) is 0 Å². The van der Waals surface area contributed by atoms with Crippen LogP contribution in [0, 0.1) is 18.6 Å². The first kappa shape index (κ1) is 25.6. The standard InChI is InChI=1S/C28H25BrF2N2O3/c1-4-32(5-2)20-10-6-17(7-11-20)25-24(26(34)18-8-12-21(29)16(3)14-18)27(35)28(36)33(25)23-13-9-19(30)15-22(23)31/h6-15,25,34H,4-5H2,1-3H3/b26-24+. The van der Waals surface area contributed by atoms with E-state index in [1.807, 2.05) is 32.9 Å². The summed E-state index contributed by atoms with van der Waals surface area (Å²) >= 11 is 3.41. The largest absolute Gasteiger partial charge is 0.507 e. The van der Waals surface area contributed by atoms with Crippen molar-refractivity contribution >= 4 is 44.8 Å². The number of Topliss-reactive ketones (excluding diaryl/α,β-unsaturated/α-hetero) is 1. The molecule has 1 unspecified atom stereocenters. The fourth-order valence-electron chi connectivity index (χ4n) is 4.48. The zero-order valence-corrected chi connectivity index (χ0v) is 21.6. The van der Waals surface area contributed by atoms with Crippen molar-refractivity contribution in [1.82, 2.24) is 0 Å². The van der Waals surface area contributed by atoms with E-state index in [1.54, 1.807) is 30.3 Å². The lowest BCUT2D eigenvalue weighted by Crippen LogP contribution is -2.30. The van der Waals surface area contributed by atoms with E-state index in [1.165, 1.54) is 0 Å². The van der Waals surface area contributed by atoms with Crippen molar-refractivity contribution in [1.29, 1.82) is 0 Å². The molecule has 0 radical (unpaired) electrons. The Morgan fingerprint density at radius 1 is 1.00 bits per heavy atom. The number of anilines is 2. The van der Waals surface area contributed by atoms with Crippen LogP contribution in [0.25, 0.3) is 5.76 Å². The summed E-state index contributed by atoms with van der Waals surface area (Å²) in [6.45, 7) is 7.47. The number of hydrogen-bond acceptors (Lipinski definition) is 4. The molecule has 1 aliphatic rings. The Balaban J connectivity index is 1.93. The van der Waals surface area contributed by atoms with Crippen molar-refractivity contribution in [2.45, 2.75) is 26.8 Å². The van der Waals surface area contributed by atoms with E-state index in [0.29, 0.717) is 17.2 Å². The molecule has 0 spiro atoms. The zero-order valence-electron chi connectivity index (χ0n) is 20.1. The van der Waals surface area contributed by atoms with Gasteiger partial charge >= 0.3 is 0 Å². The van der Waals surface area contributed by atoms with Gasteiger partial charge < -0.3 is 10.0 Å². The molecule has 0 aromatic heterocycles. The van der Waals surface area contributed by atoms with Crippen molar-refractivity contribution in [3.63, 3.8) is 0 Å². The average molecular weight is 555 g/mol. The normalized spacial score (nSPS) is 17.1. The molecule has 0 bridgehead atoms. The first-order valence-corrected chi connectivity index (χ1v) is 12.3. The van der Waals surface area contributed by atoms with E-state index in [2.05, 4.69) is 20.8 Å². The van der Waals surface area contributed by atoms with Crippen LogP contribution in [-0.4, -0.2) is 29.9 Å². The van der Waals surface area contributed by atoms with Crippen LogP contribution < -0.4 is 9.80 Å². The van der Waals surface area contributed by atoms with Gasteiger partial charge in [-0.25, -0.2) is 8.78 Å². The number of aliphatic hydroxyl groups is 1. The Labute approximate surface area is 216 Å². The summed E-state index contributed by atoms with van der Waals surface area (Å²) in [7, 11) is 0. The highest BCUT2D eigenvalue weighted by atomic mass is 79.9. The number of benzene rings is 3. The molecule has 0 aliphatic carbocycles. The molecule has 3 aromatic rings. The predicted octanol–water partition coefficient (Wildman–Crippen LogP) is 6.51. The number of carbonyl (C=O) groups is 2. The highest BCUT2D eigenvalue weighted by Gasteiger charge is 2.47. The minimum absolute atomic E-state index is 0.166. The molecule has 1 atom stereocenters. The molecule has 1 saturated heterocycles. The van der Waals surface area contributed by atoms with Crippen LogP contribution in [0.3, 0.4) is 0 Å². The molecule has 1 N–H and O–H groups in total. The molecule has 0 saturated carbocycles. The minimum Gasteiger partial charge on any atom is -0.507 e. The van der Waals surface area contributed by atoms with Gasteiger partial charge in [-0.15, -0.1) is 0 Å². The smallest absolute Gasteiger partial charge is 0.300 e. The molecular formula is C28H25BrF2N2O3. The second-order valence-corrected chi connectivity index (χ2v) is 9.35.